The Hall–Kier alpha value is -1.85. The molecule has 0 aliphatic rings. The van der Waals surface area contributed by atoms with E-state index in [1.807, 2.05) is 36.0 Å². The highest BCUT2D eigenvalue weighted by Crippen LogP contribution is 2.07. The van der Waals surface area contributed by atoms with E-state index in [4.69, 9.17) is 5.73 Å². The van der Waals surface area contributed by atoms with Crippen molar-refractivity contribution >= 4 is 18.3 Å². The third-order valence-corrected chi connectivity index (χ3v) is 3.21. The molecule has 1 aromatic heterocycles. The summed E-state index contributed by atoms with van der Waals surface area (Å²) < 4.78 is 1.88. The molecule has 120 valence electrons. The fraction of sp³-hybridized carbons (Fsp3) is 0.375. The standard InChI is InChI=1S/C16H22N4O.ClH/c1-13(17)6-7-16(21)18-11-14-4-2-5-15(10-14)12-20-9-3-8-19-20;/h2-5,8-10,13H,6-7,11-12,17H2,1H3,(H,18,21);1H. The van der Waals surface area contributed by atoms with Crippen molar-refractivity contribution in [1.82, 2.24) is 15.1 Å². The van der Waals surface area contributed by atoms with Crippen LogP contribution in [0, 0.1) is 0 Å². The van der Waals surface area contributed by atoms with E-state index in [0.717, 1.165) is 12.1 Å². The SMILES string of the molecule is CC(N)CCC(=O)NCc1cccc(Cn2cccn2)c1.Cl. The highest BCUT2D eigenvalue weighted by molar-refractivity contribution is 5.85. The second-order valence-electron chi connectivity index (χ2n) is 5.32. The fourth-order valence-electron chi connectivity index (χ4n) is 2.07. The zero-order chi connectivity index (χ0) is 15.1. The molecule has 5 nitrogen and oxygen atoms in total. The number of hydrogen-bond acceptors (Lipinski definition) is 3. The first-order valence-electron chi connectivity index (χ1n) is 7.21. The Balaban J connectivity index is 0.00000242. The first kappa shape index (κ1) is 18.2. The minimum atomic E-state index is 0. The van der Waals surface area contributed by atoms with Crippen LogP contribution in [0.1, 0.15) is 30.9 Å². The minimum absolute atomic E-state index is 0. The van der Waals surface area contributed by atoms with E-state index in [1.165, 1.54) is 5.56 Å². The van der Waals surface area contributed by atoms with Gasteiger partial charge in [0.1, 0.15) is 0 Å². The Kier molecular flexibility index (Phi) is 7.63. The monoisotopic (exact) mass is 322 g/mol. The van der Waals surface area contributed by atoms with Crippen LogP contribution in [0.2, 0.25) is 0 Å². The summed E-state index contributed by atoms with van der Waals surface area (Å²) >= 11 is 0. The molecule has 0 saturated carbocycles. The van der Waals surface area contributed by atoms with Gasteiger partial charge in [0.05, 0.1) is 6.54 Å². The molecule has 1 atom stereocenters. The topological polar surface area (TPSA) is 72.9 Å². The van der Waals surface area contributed by atoms with Crippen molar-refractivity contribution in [2.45, 2.75) is 38.9 Å². The van der Waals surface area contributed by atoms with Gasteiger partial charge in [0.25, 0.3) is 0 Å². The van der Waals surface area contributed by atoms with Gasteiger partial charge in [0.15, 0.2) is 0 Å². The normalized spacial score (nSPS) is 11.5. The highest BCUT2D eigenvalue weighted by Gasteiger charge is 2.04. The van der Waals surface area contributed by atoms with Gasteiger partial charge in [0.2, 0.25) is 5.91 Å². The molecule has 2 rings (SSSR count). The average Bonchev–Trinajstić information content (AvgIpc) is 2.96. The molecular formula is C16H23ClN4O. The maximum absolute atomic E-state index is 11.7. The number of benzene rings is 1. The lowest BCUT2D eigenvalue weighted by atomic mass is 10.1. The number of nitrogens with zero attached hydrogens (tertiary/aromatic N) is 2. The fourth-order valence-corrected chi connectivity index (χ4v) is 2.07. The number of hydrogen-bond donors (Lipinski definition) is 2. The lowest BCUT2D eigenvalue weighted by Gasteiger charge is -2.08. The number of nitrogens with two attached hydrogens (primary N) is 1. The lowest BCUT2D eigenvalue weighted by molar-refractivity contribution is -0.121. The number of aromatic nitrogens is 2. The summed E-state index contributed by atoms with van der Waals surface area (Å²) in [6.45, 7) is 3.19. The summed E-state index contributed by atoms with van der Waals surface area (Å²) in [5.74, 6) is 0.0461. The van der Waals surface area contributed by atoms with E-state index in [9.17, 15) is 4.79 Å². The molecule has 22 heavy (non-hydrogen) atoms. The van der Waals surface area contributed by atoms with Gasteiger partial charge >= 0.3 is 0 Å². The molecule has 0 fully saturated rings. The summed E-state index contributed by atoms with van der Waals surface area (Å²) in [4.78, 5) is 11.7. The first-order chi connectivity index (χ1) is 10.1. The molecule has 1 unspecified atom stereocenters. The summed E-state index contributed by atoms with van der Waals surface area (Å²) in [5, 5.41) is 7.11. The third-order valence-electron chi connectivity index (χ3n) is 3.21. The quantitative estimate of drug-likeness (QED) is 0.820. The van der Waals surface area contributed by atoms with Crippen molar-refractivity contribution in [3.63, 3.8) is 0 Å². The Morgan fingerprint density at radius 2 is 2.14 bits per heavy atom. The summed E-state index contributed by atoms with van der Waals surface area (Å²) in [6.07, 6.45) is 4.89. The van der Waals surface area contributed by atoms with Gasteiger partial charge in [-0.05, 0) is 30.5 Å². The zero-order valence-electron chi connectivity index (χ0n) is 12.7. The van der Waals surface area contributed by atoms with Gasteiger partial charge in [-0.25, -0.2) is 0 Å². The Morgan fingerprint density at radius 1 is 1.36 bits per heavy atom. The van der Waals surface area contributed by atoms with Crippen LogP contribution in [0.25, 0.3) is 0 Å². The number of carbonyl (C=O) groups excluding carboxylic acids is 1. The van der Waals surface area contributed by atoms with Gasteiger partial charge < -0.3 is 11.1 Å². The molecule has 0 spiro atoms. The van der Waals surface area contributed by atoms with Crippen molar-refractivity contribution in [1.29, 1.82) is 0 Å². The van der Waals surface area contributed by atoms with E-state index in [2.05, 4.69) is 22.5 Å². The van der Waals surface area contributed by atoms with Crippen LogP contribution in [0.15, 0.2) is 42.7 Å². The Morgan fingerprint density at radius 3 is 2.82 bits per heavy atom. The molecule has 1 aromatic carbocycles. The largest absolute Gasteiger partial charge is 0.352 e. The highest BCUT2D eigenvalue weighted by atomic mass is 35.5. The number of amides is 1. The van der Waals surface area contributed by atoms with E-state index in [-0.39, 0.29) is 24.4 Å². The van der Waals surface area contributed by atoms with Crippen molar-refractivity contribution in [3.05, 3.63) is 53.9 Å². The molecule has 0 saturated heterocycles. The second kappa shape index (κ2) is 9.23. The molecular weight excluding hydrogens is 300 g/mol. The molecule has 0 aliphatic carbocycles. The summed E-state index contributed by atoms with van der Waals surface area (Å²) in [7, 11) is 0. The lowest BCUT2D eigenvalue weighted by Crippen LogP contribution is -2.25. The molecule has 3 N–H and O–H groups in total. The van der Waals surface area contributed by atoms with Crippen LogP contribution in [0.4, 0.5) is 0 Å². The number of rotatable bonds is 7. The maximum Gasteiger partial charge on any atom is 0.220 e. The number of nitrogens with one attached hydrogen (secondary N) is 1. The molecule has 6 heteroatoms. The van der Waals surface area contributed by atoms with Crippen molar-refractivity contribution in [2.24, 2.45) is 5.73 Å². The van der Waals surface area contributed by atoms with E-state index in [0.29, 0.717) is 19.4 Å². The van der Waals surface area contributed by atoms with Crippen LogP contribution in [-0.4, -0.2) is 21.7 Å². The molecule has 0 aliphatic heterocycles. The second-order valence-corrected chi connectivity index (χ2v) is 5.32. The van der Waals surface area contributed by atoms with Gasteiger partial charge in [0, 0.05) is 31.4 Å². The van der Waals surface area contributed by atoms with E-state index >= 15 is 0 Å². The van der Waals surface area contributed by atoms with Gasteiger partial charge in [-0.15, -0.1) is 12.4 Å². The van der Waals surface area contributed by atoms with Crippen LogP contribution < -0.4 is 11.1 Å². The first-order valence-corrected chi connectivity index (χ1v) is 7.21. The summed E-state index contributed by atoms with van der Waals surface area (Å²) in [6, 6.07) is 10.1. The Labute approximate surface area is 137 Å². The van der Waals surface area contributed by atoms with Gasteiger partial charge in [-0.3, -0.25) is 9.48 Å². The number of carbonyl (C=O) groups is 1. The smallest absolute Gasteiger partial charge is 0.220 e. The van der Waals surface area contributed by atoms with Gasteiger partial charge in [-0.2, -0.15) is 5.10 Å². The zero-order valence-corrected chi connectivity index (χ0v) is 13.6. The van der Waals surface area contributed by atoms with Crippen LogP contribution in [0.3, 0.4) is 0 Å². The van der Waals surface area contributed by atoms with Crippen LogP contribution in [-0.2, 0) is 17.9 Å². The van der Waals surface area contributed by atoms with Crippen LogP contribution in [0.5, 0.6) is 0 Å². The average molecular weight is 323 g/mol. The Bertz CT molecular complexity index is 569. The maximum atomic E-state index is 11.7. The predicted octanol–water partition coefficient (Wildman–Crippen LogP) is 2.10. The van der Waals surface area contributed by atoms with Gasteiger partial charge in [-0.1, -0.05) is 24.3 Å². The minimum Gasteiger partial charge on any atom is -0.352 e. The molecule has 1 heterocycles. The number of halogens is 1. The molecule has 0 bridgehead atoms. The van der Waals surface area contributed by atoms with Crippen molar-refractivity contribution < 1.29 is 4.79 Å². The molecule has 0 radical (unpaired) electrons. The van der Waals surface area contributed by atoms with Crippen LogP contribution >= 0.6 is 12.4 Å². The summed E-state index contributed by atoms with van der Waals surface area (Å²) in [5.41, 5.74) is 7.90. The van der Waals surface area contributed by atoms with Crippen molar-refractivity contribution in [3.8, 4) is 0 Å². The van der Waals surface area contributed by atoms with E-state index in [1.54, 1.807) is 6.20 Å². The molecule has 1 amide bonds. The van der Waals surface area contributed by atoms with E-state index < -0.39 is 0 Å². The van der Waals surface area contributed by atoms with Crippen molar-refractivity contribution in [2.75, 3.05) is 0 Å². The predicted molar refractivity (Wildman–Crippen MR) is 89.7 cm³/mol. The third kappa shape index (κ3) is 6.28. The molecule has 2 aromatic rings.